The molecule has 1 amide bonds. The number of hydrogen-bond acceptors (Lipinski definition) is 12. The second kappa shape index (κ2) is 19.6. The number of anilines is 2. The molecule has 0 saturated heterocycles. The summed E-state index contributed by atoms with van der Waals surface area (Å²) in [4.78, 5) is 46.7. The molecule has 0 bridgehead atoms. The van der Waals surface area contributed by atoms with Crippen LogP contribution in [-0.4, -0.2) is 64.9 Å². The van der Waals surface area contributed by atoms with E-state index in [1.165, 1.54) is 11.1 Å². The minimum absolute atomic E-state index is 0.0244. The molecule has 0 unspecified atom stereocenters. The van der Waals surface area contributed by atoms with Crippen LogP contribution in [0.25, 0.3) is 44.6 Å². The van der Waals surface area contributed by atoms with Crippen LogP contribution in [0.15, 0.2) is 147 Å². The third-order valence-electron chi connectivity index (χ3n) is 9.47. The SMILES string of the molecule is NC(=O)CC[C@H](CNc1nc(-c2ccncc2)nc2cnccc12)Cc1ccccc1.N[C@H](CNc1nc(-c2ccncc2)nc2cnccc12)Cc1ccccc1. The van der Waals surface area contributed by atoms with Crippen molar-refractivity contribution in [2.45, 2.75) is 31.7 Å². The molecular formula is C45H44N12O. The van der Waals surface area contributed by atoms with E-state index in [2.05, 4.69) is 64.8 Å². The van der Waals surface area contributed by atoms with E-state index in [0.717, 1.165) is 57.4 Å². The van der Waals surface area contributed by atoms with Crippen molar-refractivity contribution in [2.24, 2.45) is 17.4 Å². The molecular weight excluding hydrogens is 725 g/mol. The highest BCUT2D eigenvalue weighted by Crippen LogP contribution is 2.26. The number of carbonyl (C=O) groups is 1. The first-order chi connectivity index (χ1) is 28.5. The highest BCUT2D eigenvalue weighted by molar-refractivity contribution is 5.90. The van der Waals surface area contributed by atoms with Gasteiger partial charge in [0.2, 0.25) is 5.91 Å². The molecule has 6 aromatic heterocycles. The van der Waals surface area contributed by atoms with Crippen molar-refractivity contribution in [3.63, 3.8) is 0 Å². The van der Waals surface area contributed by atoms with Crippen molar-refractivity contribution in [2.75, 3.05) is 23.7 Å². The molecule has 0 fully saturated rings. The van der Waals surface area contributed by atoms with Gasteiger partial charge in [-0.1, -0.05) is 60.7 Å². The largest absolute Gasteiger partial charge is 0.370 e. The molecule has 13 nitrogen and oxygen atoms in total. The van der Waals surface area contributed by atoms with Gasteiger partial charge < -0.3 is 22.1 Å². The van der Waals surface area contributed by atoms with Crippen LogP contribution in [0.1, 0.15) is 24.0 Å². The number of amides is 1. The summed E-state index contributed by atoms with van der Waals surface area (Å²) in [6, 6.07) is 31.8. The summed E-state index contributed by atoms with van der Waals surface area (Å²) in [5, 5.41) is 8.72. The molecule has 13 heteroatoms. The van der Waals surface area contributed by atoms with Gasteiger partial charge in [0.15, 0.2) is 11.6 Å². The Morgan fingerprint density at radius 1 is 0.552 bits per heavy atom. The van der Waals surface area contributed by atoms with Crippen molar-refractivity contribution >= 4 is 39.3 Å². The van der Waals surface area contributed by atoms with E-state index in [1.807, 2.05) is 72.8 Å². The van der Waals surface area contributed by atoms with Gasteiger partial charge in [0, 0.05) is 84.6 Å². The van der Waals surface area contributed by atoms with E-state index < -0.39 is 0 Å². The predicted molar refractivity (Wildman–Crippen MR) is 228 cm³/mol. The third kappa shape index (κ3) is 10.7. The number of hydrogen-bond donors (Lipinski definition) is 4. The lowest BCUT2D eigenvalue weighted by atomic mass is 9.94. The number of carbonyl (C=O) groups excluding carboxylic acids is 1. The van der Waals surface area contributed by atoms with E-state index in [-0.39, 0.29) is 17.9 Å². The number of nitrogens with zero attached hydrogens (tertiary/aromatic N) is 8. The average molecular weight is 769 g/mol. The Balaban J connectivity index is 0.000000178. The Hall–Kier alpha value is -7.25. The minimum atomic E-state index is -0.281. The van der Waals surface area contributed by atoms with Gasteiger partial charge in [-0.15, -0.1) is 0 Å². The molecule has 0 aliphatic heterocycles. The Labute approximate surface area is 336 Å². The topological polar surface area (TPSA) is 196 Å². The fourth-order valence-electron chi connectivity index (χ4n) is 6.52. The molecule has 2 aromatic carbocycles. The summed E-state index contributed by atoms with van der Waals surface area (Å²) in [6.07, 6.45) is 16.6. The van der Waals surface area contributed by atoms with E-state index in [1.54, 1.807) is 49.6 Å². The van der Waals surface area contributed by atoms with Crippen LogP contribution in [0.3, 0.4) is 0 Å². The van der Waals surface area contributed by atoms with Crippen molar-refractivity contribution < 1.29 is 4.79 Å². The summed E-state index contributed by atoms with van der Waals surface area (Å²) in [5.74, 6) is 2.70. The third-order valence-corrected chi connectivity index (χ3v) is 9.47. The summed E-state index contributed by atoms with van der Waals surface area (Å²) < 4.78 is 0. The van der Waals surface area contributed by atoms with Crippen molar-refractivity contribution in [3.8, 4) is 22.8 Å². The van der Waals surface area contributed by atoms with E-state index >= 15 is 0 Å². The van der Waals surface area contributed by atoms with Crippen LogP contribution in [0.5, 0.6) is 0 Å². The zero-order chi connectivity index (χ0) is 39.9. The first kappa shape index (κ1) is 39.0. The van der Waals surface area contributed by atoms with E-state index in [4.69, 9.17) is 21.4 Å². The summed E-state index contributed by atoms with van der Waals surface area (Å²) in [5.41, 5.74) is 17.5. The number of primary amides is 1. The van der Waals surface area contributed by atoms with Gasteiger partial charge in [-0.05, 0) is 72.7 Å². The zero-order valence-electron chi connectivity index (χ0n) is 31.9. The number of nitrogens with one attached hydrogen (secondary N) is 2. The van der Waals surface area contributed by atoms with Gasteiger partial charge in [-0.2, -0.15) is 0 Å². The maximum absolute atomic E-state index is 11.4. The Morgan fingerprint density at radius 2 is 1.02 bits per heavy atom. The van der Waals surface area contributed by atoms with Gasteiger partial charge in [-0.3, -0.25) is 24.7 Å². The monoisotopic (exact) mass is 768 g/mol. The Bertz CT molecular complexity index is 2530. The fraction of sp³-hybridized carbons (Fsp3) is 0.178. The lowest BCUT2D eigenvalue weighted by Crippen LogP contribution is -2.31. The fourth-order valence-corrected chi connectivity index (χ4v) is 6.52. The number of aromatic nitrogens is 8. The molecule has 0 aliphatic rings. The predicted octanol–water partition coefficient (Wildman–Crippen LogP) is 6.69. The maximum Gasteiger partial charge on any atom is 0.217 e. The van der Waals surface area contributed by atoms with Crippen LogP contribution in [0.4, 0.5) is 11.6 Å². The maximum atomic E-state index is 11.4. The molecule has 290 valence electrons. The molecule has 0 spiro atoms. The summed E-state index contributed by atoms with van der Waals surface area (Å²) in [7, 11) is 0. The molecule has 8 rings (SSSR count). The number of fused-ring (bicyclic) bond motifs is 2. The van der Waals surface area contributed by atoms with Crippen LogP contribution >= 0.6 is 0 Å². The van der Waals surface area contributed by atoms with Gasteiger partial charge in [0.1, 0.15) is 11.6 Å². The van der Waals surface area contributed by atoms with Crippen LogP contribution < -0.4 is 22.1 Å². The molecule has 6 heterocycles. The second-order valence-electron chi connectivity index (χ2n) is 13.8. The van der Waals surface area contributed by atoms with Crippen LogP contribution in [0.2, 0.25) is 0 Å². The molecule has 0 saturated carbocycles. The number of nitrogens with two attached hydrogens (primary N) is 2. The van der Waals surface area contributed by atoms with Crippen LogP contribution in [0, 0.1) is 5.92 Å². The molecule has 0 radical (unpaired) electrons. The first-order valence-electron chi connectivity index (χ1n) is 19.1. The Kier molecular flexibility index (Phi) is 13.2. The number of benzene rings is 2. The number of pyridine rings is 4. The molecule has 8 aromatic rings. The molecule has 6 N–H and O–H groups in total. The Morgan fingerprint density at radius 3 is 1.52 bits per heavy atom. The van der Waals surface area contributed by atoms with Gasteiger partial charge >= 0.3 is 0 Å². The zero-order valence-corrected chi connectivity index (χ0v) is 31.9. The summed E-state index contributed by atoms with van der Waals surface area (Å²) >= 11 is 0. The smallest absolute Gasteiger partial charge is 0.217 e. The second-order valence-corrected chi connectivity index (χ2v) is 13.8. The average Bonchev–Trinajstić information content (AvgIpc) is 3.27. The highest BCUT2D eigenvalue weighted by Gasteiger charge is 2.15. The molecule has 2 atom stereocenters. The molecule has 0 aliphatic carbocycles. The van der Waals surface area contributed by atoms with Crippen molar-refractivity contribution in [1.82, 2.24) is 39.9 Å². The standard InChI is InChI=1S/C24H24N6O.C21H20N6/c25-22(31)7-6-18(14-17-4-2-1-3-5-17)15-28-24-20-10-13-27-16-21(20)29-23(30-24)19-8-11-26-12-9-19;22-17(12-15-4-2-1-3-5-15)13-25-21-18-8-11-24-14-19(18)26-20(27-21)16-6-9-23-10-7-16/h1-5,8-13,16,18H,6-7,14-15H2,(H2,25,31)(H,28,29,30);1-11,14,17H,12-13,22H2,(H,25,26,27)/t18-;17-/m00/s1. The lowest BCUT2D eigenvalue weighted by Gasteiger charge is -2.19. The van der Waals surface area contributed by atoms with Gasteiger partial charge in [0.25, 0.3) is 0 Å². The molecule has 58 heavy (non-hydrogen) atoms. The van der Waals surface area contributed by atoms with Crippen molar-refractivity contribution in [1.29, 1.82) is 0 Å². The van der Waals surface area contributed by atoms with E-state index in [9.17, 15) is 4.79 Å². The highest BCUT2D eigenvalue weighted by atomic mass is 16.1. The van der Waals surface area contributed by atoms with Gasteiger partial charge in [-0.25, -0.2) is 19.9 Å². The summed E-state index contributed by atoms with van der Waals surface area (Å²) in [6.45, 7) is 1.27. The normalized spacial score (nSPS) is 11.9. The number of rotatable bonds is 15. The van der Waals surface area contributed by atoms with Crippen LogP contribution in [-0.2, 0) is 17.6 Å². The minimum Gasteiger partial charge on any atom is -0.370 e. The van der Waals surface area contributed by atoms with Crippen molar-refractivity contribution in [3.05, 3.63) is 158 Å². The van der Waals surface area contributed by atoms with E-state index in [0.29, 0.717) is 37.6 Å². The first-order valence-corrected chi connectivity index (χ1v) is 19.1. The lowest BCUT2D eigenvalue weighted by molar-refractivity contribution is -0.118. The van der Waals surface area contributed by atoms with Gasteiger partial charge in [0.05, 0.1) is 23.4 Å². The quantitative estimate of drug-likeness (QED) is 0.0864.